The van der Waals surface area contributed by atoms with Gasteiger partial charge in [-0.05, 0) is 33.0 Å². The van der Waals surface area contributed by atoms with Crippen molar-refractivity contribution in [2.24, 2.45) is 5.73 Å². The molecule has 0 aromatic heterocycles. The molecule has 2 N–H and O–H groups in total. The zero-order chi connectivity index (χ0) is 15.5. The molecule has 3 aromatic carbocycles. The summed E-state index contributed by atoms with van der Waals surface area (Å²) in [5.41, 5.74) is 9.92. The molecule has 0 radical (unpaired) electrons. The summed E-state index contributed by atoms with van der Waals surface area (Å²) in [7, 11) is 0. The molecule has 3 rings (SSSR count). The van der Waals surface area contributed by atoms with Crippen LogP contribution >= 0.6 is 0 Å². The van der Waals surface area contributed by atoms with Gasteiger partial charge in [0.1, 0.15) is 6.67 Å². The summed E-state index contributed by atoms with van der Waals surface area (Å²) >= 11 is 0. The van der Waals surface area contributed by atoms with E-state index in [0.29, 0.717) is 0 Å². The number of hydrogen-bond acceptors (Lipinski definition) is 1. The van der Waals surface area contributed by atoms with E-state index in [2.05, 4.69) is 30.8 Å². The molecule has 0 saturated carbocycles. The van der Waals surface area contributed by atoms with Gasteiger partial charge >= 0.3 is 0 Å². The van der Waals surface area contributed by atoms with Crippen LogP contribution in [0.3, 0.4) is 0 Å². The minimum absolute atomic E-state index is 0.545. The molecule has 0 aliphatic heterocycles. The summed E-state index contributed by atoms with van der Waals surface area (Å²) in [6, 6.07) is 19.7. The molecule has 0 saturated heterocycles. The van der Waals surface area contributed by atoms with Crippen molar-refractivity contribution in [3.8, 4) is 11.1 Å². The predicted molar refractivity (Wildman–Crippen MR) is 92.4 cm³/mol. The largest absolute Gasteiger partial charge is 0.322 e. The number of halogens is 1. The second-order valence-electron chi connectivity index (χ2n) is 5.33. The van der Waals surface area contributed by atoms with E-state index in [1.807, 2.05) is 42.5 Å². The molecule has 0 aliphatic rings. The van der Waals surface area contributed by atoms with E-state index >= 15 is 0 Å². The highest BCUT2D eigenvalue weighted by Gasteiger charge is 2.08. The summed E-state index contributed by atoms with van der Waals surface area (Å²) in [4.78, 5) is 0. The fourth-order valence-corrected chi connectivity index (χ4v) is 2.75. The van der Waals surface area contributed by atoms with E-state index in [1.54, 1.807) is 0 Å². The average molecular weight is 291 g/mol. The van der Waals surface area contributed by atoms with Gasteiger partial charge in [0.15, 0.2) is 0 Å². The first-order valence-electron chi connectivity index (χ1n) is 7.30. The highest BCUT2D eigenvalue weighted by atomic mass is 19.1. The summed E-state index contributed by atoms with van der Waals surface area (Å²) in [5, 5.41) is 2.36. The van der Waals surface area contributed by atoms with Crippen LogP contribution in [0.4, 0.5) is 4.39 Å². The van der Waals surface area contributed by atoms with Gasteiger partial charge in [0.2, 0.25) is 0 Å². The van der Waals surface area contributed by atoms with Crippen molar-refractivity contribution in [1.29, 1.82) is 0 Å². The van der Waals surface area contributed by atoms with E-state index in [0.717, 1.165) is 22.3 Å². The van der Waals surface area contributed by atoms with Crippen LogP contribution in [0.25, 0.3) is 28.0 Å². The third kappa shape index (κ3) is 2.53. The van der Waals surface area contributed by atoms with Crippen molar-refractivity contribution >= 4 is 16.8 Å². The van der Waals surface area contributed by atoms with Crippen molar-refractivity contribution in [1.82, 2.24) is 0 Å². The van der Waals surface area contributed by atoms with Gasteiger partial charge in [-0.2, -0.15) is 0 Å². The van der Waals surface area contributed by atoms with Gasteiger partial charge in [0.25, 0.3) is 0 Å². The third-order valence-corrected chi connectivity index (χ3v) is 3.99. The van der Waals surface area contributed by atoms with Crippen LogP contribution in [-0.2, 0) is 0 Å². The number of fused-ring (bicyclic) bond motifs is 1. The van der Waals surface area contributed by atoms with Crippen molar-refractivity contribution in [2.45, 2.75) is 6.04 Å². The quantitative estimate of drug-likeness (QED) is 0.709. The molecular formula is C20H18FN. The van der Waals surface area contributed by atoms with Crippen LogP contribution < -0.4 is 5.73 Å². The van der Waals surface area contributed by atoms with Gasteiger partial charge in [-0.15, -0.1) is 0 Å². The summed E-state index contributed by atoms with van der Waals surface area (Å²) in [6.07, 6.45) is 1.87. The van der Waals surface area contributed by atoms with Crippen LogP contribution in [0, 0.1) is 0 Å². The molecule has 0 amide bonds. The van der Waals surface area contributed by atoms with E-state index in [9.17, 15) is 4.39 Å². The van der Waals surface area contributed by atoms with Crippen LogP contribution in [0.1, 0.15) is 17.2 Å². The van der Waals surface area contributed by atoms with E-state index in [1.165, 1.54) is 10.8 Å². The van der Waals surface area contributed by atoms with Crippen molar-refractivity contribution in [3.63, 3.8) is 0 Å². The van der Waals surface area contributed by atoms with Crippen molar-refractivity contribution in [3.05, 3.63) is 78.4 Å². The Morgan fingerprint density at radius 2 is 1.64 bits per heavy atom. The Kier molecular flexibility index (Phi) is 4.03. The van der Waals surface area contributed by atoms with Gasteiger partial charge < -0.3 is 5.73 Å². The summed E-state index contributed by atoms with van der Waals surface area (Å²) < 4.78 is 12.7. The van der Waals surface area contributed by atoms with Crippen LogP contribution in [0.2, 0.25) is 0 Å². The molecule has 1 atom stereocenters. The highest BCUT2D eigenvalue weighted by molar-refractivity contribution is 6.00. The Hall–Kier alpha value is -2.45. The topological polar surface area (TPSA) is 26.0 Å². The van der Waals surface area contributed by atoms with E-state index < -0.39 is 12.7 Å². The fourth-order valence-electron chi connectivity index (χ4n) is 2.75. The second kappa shape index (κ2) is 6.12. The van der Waals surface area contributed by atoms with E-state index in [4.69, 9.17) is 5.73 Å². The molecule has 3 aromatic rings. The minimum Gasteiger partial charge on any atom is -0.322 e. The van der Waals surface area contributed by atoms with Gasteiger partial charge in [-0.1, -0.05) is 73.3 Å². The molecule has 0 heterocycles. The molecule has 2 heteroatoms. The first-order valence-corrected chi connectivity index (χ1v) is 7.30. The molecule has 110 valence electrons. The van der Waals surface area contributed by atoms with Gasteiger partial charge in [0.05, 0.1) is 6.04 Å². The number of nitrogens with two attached hydrogens (primary N) is 1. The fraction of sp³-hybridized carbons (Fsp3) is 0.100. The first kappa shape index (κ1) is 14.5. The average Bonchev–Trinajstić information content (AvgIpc) is 2.60. The zero-order valence-corrected chi connectivity index (χ0v) is 12.3. The molecule has 1 unspecified atom stereocenters. The first-order chi connectivity index (χ1) is 10.7. The van der Waals surface area contributed by atoms with Crippen molar-refractivity contribution < 1.29 is 4.39 Å². The molecule has 0 bridgehead atoms. The molecule has 0 fully saturated rings. The Bertz CT molecular complexity index is 806. The normalized spacial score (nSPS) is 12.3. The smallest absolute Gasteiger partial charge is 0.109 e. The molecule has 1 nitrogen and oxygen atoms in total. The van der Waals surface area contributed by atoms with Crippen LogP contribution in [0.15, 0.2) is 67.2 Å². The Morgan fingerprint density at radius 3 is 2.27 bits per heavy atom. The lowest BCUT2D eigenvalue weighted by Crippen LogP contribution is -2.11. The maximum Gasteiger partial charge on any atom is 0.109 e. The van der Waals surface area contributed by atoms with Crippen molar-refractivity contribution in [2.75, 3.05) is 6.67 Å². The lowest BCUT2D eigenvalue weighted by Gasteiger charge is -2.12. The third-order valence-electron chi connectivity index (χ3n) is 3.99. The van der Waals surface area contributed by atoms with Crippen LogP contribution in [0.5, 0.6) is 0 Å². The maximum absolute atomic E-state index is 12.7. The Morgan fingerprint density at radius 1 is 0.955 bits per heavy atom. The summed E-state index contributed by atoms with van der Waals surface area (Å²) in [6.45, 7) is 3.33. The molecule has 22 heavy (non-hydrogen) atoms. The van der Waals surface area contributed by atoms with Gasteiger partial charge in [0, 0.05) is 0 Å². The molecule has 0 spiro atoms. The number of rotatable bonds is 4. The number of benzene rings is 3. The monoisotopic (exact) mass is 291 g/mol. The minimum atomic E-state index is -0.547. The second-order valence-corrected chi connectivity index (χ2v) is 5.33. The highest BCUT2D eigenvalue weighted by Crippen LogP contribution is 2.31. The lowest BCUT2D eigenvalue weighted by molar-refractivity contribution is 0.437. The Balaban J connectivity index is 2.12. The predicted octanol–water partition coefficient (Wildman–Crippen LogP) is 5.12. The zero-order valence-electron chi connectivity index (χ0n) is 12.3. The standard InChI is InChI=1S/C20H18FN/c1-2-14-11-12-18(19-6-4-3-5-17(14)19)15-7-9-16(10-8-15)20(22)13-21/h2-12,20H,1,13,22H2. The molecule has 0 aliphatic carbocycles. The van der Waals surface area contributed by atoms with Crippen LogP contribution in [-0.4, -0.2) is 6.67 Å². The number of hydrogen-bond donors (Lipinski definition) is 1. The van der Waals surface area contributed by atoms with Gasteiger partial charge in [-0.3, -0.25) is 0 Å². The van der Waals surface area contributed by atoms with Gasteiger partial charge in [-0.25, -0.2) is 4.39 Å². The Labute approximate surface area is 129 Å². The van der Waals surface area contributed by atoms with E-state index in [-0.39, 0.29) is 0 Å². The SMILES string of the molecule is C=Cc1ccc(-c2ccc(C(N)CF)cc2)c2ccccc12. The lowest BCUT2D eigenvalue weighted by atomic mass is 9.94. The number of alkyl halides is 1. The molecular weight excluding hydrogens is 273 g/mol. The summed E-state index contributed by atoms with van der Waals surface area (Å²) in [5.74, 6) is 0. The maximum atomic E-state index is 12.7.